The van der Waals surface area contributed by atoms with E-state index in [4.69, 9.17) is 0 Å². The number of aromatic nitrogens is 1. The molecule has 94 valence electrons. The lowest BCUT2D eigenvalue weighted by Crippen LogP contribution is -2.34. The van der Waals surface area contributed by atoms with Gasteiger partial charge in [0, 0.05) is 37.3 Å². The lowest BCUT2D eigenvalue weighted by Gasteiger charge is -2.11. The lowest BCUT2D eigenvalue weighted by atomic mass is 10.2. The van der Waals surface area contributed by atoms with E-state index in [0.717, 1.165) is 18.7 Å². The van der Waals surface area contributed by atoms with E-state index in [1.807, 2.05) is 32.0 Å². The number of carbonyl (C=O) groups is 1. The molecule has 0 spiro atoms. The number of carbonyl (C=O) groups excluding carboxylic acids is 1. The summed E-state index contributed by atoms with van der Waals surface area (Å²) < 4.78 is 0. The van der Waals surface area contributed by atoms with Crippen LogP contribution < -0.4 is 10.6 Å². The third-order valence-corrected chi connectivity index (χ3v) is 2.47. The molecule has 1 atom stereocenters. The van der Waals surface area contributed by atoms with E-state index in [1.165, 1.54) is 0 Å². The highest BCUT2D eigenvalue weighted by Crippen LogP contribution is 1.94. The Bertz CT molecular complexity index is 327. The van der Waals surface area contributed by atoms with Crippen molar-refractivity contribution < 1.29 is 4.79 Å². The Kier molecular flexibility index (Phi) is 6.25. The summed E-state index contributed by atoms with van der Waals surface area (Å²) in [6.07, 6.45) is 3.07. The van der Waals surface area contributed by atoms with E-state index in [9.17, 15) is 4.79 Å². The number of hydrogen-bond acceptors (Lipinski definition) is 3. The fourth-order valence-electron chi connectivity index (χ4n) is 1.65. The lowest BCUT2D eigenvalue weighted by molar-refractivity contribution is -0.121. The average molecular weight is 235 g/mol. The number of amides is 1. The van der Waals surface area contributed by atoms with Gasteiger partial charge in [0.1, 0.15) is 0 Å². The molecule has 0 aliphatic rings. The monoisotopic (exact) mass is 235 g/mol. The summed E-state index contributed by atoms with van der Waals surface area (Å²) in [5, 5.41) is 6.11. The Labute approximate surface area is 103 Å². The van der Waals surface area contributed by atoms with Crippen molar-refractivity contribution in [3.63, 3.8) is 0 Å². The molecule has 0 radical (unpaired) electrons. The molecule has 1 unspecified atom stereocenters. The third kappa shape index (κ3) is 6.02. The van der Waals surface area contributed by atoms with Crippen LogP contribution in [0, 0.1) is 0 Å². The van der Waals surface area contributed by atoms with Crippen LogP contribution in [0.5, 0.6) is 0 Å². The van der Waals surface area contributed by atoms with Crippen LogP contribution in [0.1, 0.15) is 26.0 Å². The minimum absolute atomic E-state index is 0.0920. The molecular weight excluding hydrogens is 214 g/mol. The molecule has 1 amide bonds. The molecule has 1 aromatic heterocycles. The first-order valence-electron chi connectivity index (χ1n) is 6.12. The SMILES string of the molecule is CCNC(C)CC(=O)NCCc1ccccn1. The van der Waals surface area contributed by atoms with Crippen LogP contribution in [0.3, 0.4) is 0 Å². The summed E-state index contributed by atoms with van der Waals surface area (Å²) >= 11 is 0. The number of nitrogens with one attached hydrogen (secondary N) is 2. The molecule has 1 heterocycles. The molecular formula is C13H21N3O. The van der Waals surface area contributed by atoms with Gasteiger partial charge in [-0.2, -0.15) is 0 Å². The standard InChI is InChI=1S/C13H21N3O/c1-3-14-11(2)10-13(17)16-9-7-12-6-4-5-8-15-12/h4-6,8,11,14H,3,7,9-10H2,1-2H3,(H,16,17). The van der Waals surface area contributed by atoms with E-state index in [2.05, 4.69) is 15.6 Å². The molecule has 0 aliphatic heterocycles. The Morgan fingerprint density at radius 2 is 2.29 bits per heavy atom. The third-order valence-electron chi connectivity index (χ3n) is 2.47. The van der Waals surface area contributed by atoms with Gasteiger partial charge in [0.25, 0.3) is 0 Å². The largest absolute Gasteiger partial charge is 0.356 e. The maximum atomic E-state index is 11.5. The van der Waals surface area contributed by atoms with Crippen LogP contribution in [0.2, 0.25) is 0 Å². The smallest absolute Gasteiger partial charge is 0.221 e. The molecule has 1 rings (SSSR count). The highest BCUT2D eigenvalue weighted by atomic mass is 16.1. The Hall–Kier alpha value is -1.42. The van der Waals surface area contributed by atoms with E-state index in [-0.39, 0.29) is 11.9 Å². The second kappa shape index (κ2) is 7.79. The van der Waals surface area contributed by atoms with Crippen molar-refractivity contribution >= 4 is 5.91 Å². The fraction of sp³-hybridized carbons (Fsp3) is 0.538. The van der Waals surface area contributed by atoms with Gasteiger partial charge in [0.2, 0.25) is 5.91 Å². The number of rotatable bonds is 7. The van der Waals surface area contributed by atoms with Crippen molar-refractivity contribution in [3.05, 3.63) is 30.1 Å². The second-order valence-corrected chi connectivity index (χ2v) is 4.08. The minimum atomic E-state index is 0.0920. The van der Waals surface area contributed by atoms with Gasteiger partial charge in [-0.25, -0.2) is 0 Å². The quantitative estimate of drug-likeness (QED) is 0.745. The van der Waals surface area contributed by atoms with Crippen LogP contribution in [-0.2, 0) is 11.2 Å². The van der Waals surface area contributed by atoms with Gasteiger partial charge in [-0.1, -0.05) is 13.0 Å². The summed E-state index contributed by atoms with van der Waals surface area (Å²) in [4.78, 5) is 15.7. The molecule has 0 aromatic carbocycles. The molecule has 0 saturated heterocycles. The van der Waals surface area contributed by atoms with Crippen LogP contribution >= 0.6 is 0 Å². The first kappa shape index (κ1) is 13.6. The maximum Gasteiger partial charge on any atom is 0.221 e. The normalized spacial score (nSPS) is 12.1. The van der Waals surface area contributed by atoms with Gasteiger partial charge < -0.3 is 10.6 Å². The average Bonchev–Trinajstić information content (AvgIpc) is 2.30. The molecule has 0 bridgehead atoms. The molecule has 17 heavy (non-hydrogen) atoms. The first-order valence-corrected chi connectivity index (χ1v) is 6.12. The summed E-state index contributed by atoms with van der Waals surface area (Å²) in [7, 11) is 0. The van der Waals surface area contributed by atoms with E-state index in [0.29, 0.717) is 13.0 Å². The van der Waals surface area contributed by atoms with E-state index >= 15 is 0 Å². The molecule has 0 saturated carbocycles. The Morgan fingerprint density at radius 3 is 2.94 bits per heavy atom. The van der Waals surface area contributed by atoms with Crippen LogP contribution in [-0.4, -0.2) is 30.0 Å². The summed E-state index contributed by atoms with van der Waals surface area (Å²) in [6, 6.07) is 6.04. The van der Waals surface area contributed by atoms with E-state index in [1.54, 1.807) is 6.20 Å². The van der Waals surface area contributed by atoms with Gasteiger partial charge in [-0.15, -0.1) is 0 Å². The minimum Gasteiger partial charge on any atom is -0.356 e. The van der Waals surface area contributed by atoms with Crippen LogP contribution in [0.25, 0.3) is 0 Å². The highest BCUT2D eigenvalue weighted by molar-refractivity contribution is 5.76. The molecule has 1 aromatic rings. The summed E-state index contributed by atoms with van der Waals surface area (Å²) in [6.45, 7) is 5.59. The van der Waals surface area contributed by atoms with Crippen molar-refractivity contribution in [3.8, 4) is 0 Å². The molecule has 0 fully saturated rings. The zero-order valence-electron chi connectivity index (χ0n) is 10.6. The number of hydrogen-bond donors (Lipinski definition) is 2. The fourth-order valence-corrected chi connectivity index (χ4v) is 1.65. The predicted octanol–water partition coefficient (Wildman–Crippen LogP) is 1.13. The maximum absolute atomic E-state index is 11.5. The first-order chi connectivity index (χ1) is 8.22. The predicted molar refractivity (Wildman–Crippen MR) is 68.7 cm³/mol. The Balaban J connectivity index is 2.16. The van der Waals surface area contributed by atoms with Gasteiger partial charge >= 0.3 is 0 Å². The van der Waals surface area contributed by atoms with Crippen LogP contribution in [0.15, 0.2) is 24.4 Å². The molecule has 0 aliphatic carbocycles. The van der Waals surface area contributed by atoms with Crippen molar-refractivity contribution in [2.45, 2.75) is 32.7 Å². The summed E-state index contributed by atoms with van der Waals surface area (Å²) in [5.41, 5.74) is 1.01. The van der Waals surface area contributed by atoms with Crippen LogP contribution in [0.4, 0.5) is 0 Å². The van der Waals surface area contributed by atoms with Gasteiger partial charge in [-0.05, 0) is 25.6 Å². The number of nitrogens with zero attached hydrogens (tertiary/aromatic N) is 1. The second-order valence-electron chi connectivity index (χ2n) is 4.08. The topological polar surface area (TPSA) is 54.0 Å². The molecule has 4 heteroatoms. The number of pyridine rings is 1. The Morgan fingerprint density at radius 1 is 1.47 bits per heavy atom. The van der Waals surface area contributed by atoms with Crippen molar-refractivity contribution in [1.29, 1.82) is 0 Å². The molecule has 4 nitrogen and oxygen atoms in total. The highest BCUT2D eigenvalue weighted by Gasteiger charge is 2.06. The van der Waals surface area contributed by atoms with Gasteiger partial charge in [0.15, 0.2) is 0 Å². The van der Waals surface area contributed by atoms with Crippen molar-refractivity contribution in [2.75, 3.05) is 13.1 Å². The van der Waals surface area contributed by atoms with E-state index < -0.39 is 0 Å². The zero-order valence-corrected chi connectivity index (χ0v) is 10.6. The van der Waals surface area contributed by atoms with Crippen molar-refractivity contribution in [2.24, 2.45) is 0 Å². The van der Waals surface area contributed by atoms with Crippen molar-refractivity contribution in [1.82, 2.24) is 15.6 Å². The van der Waals surface area contributed by atoms with Gasteiger partial charge in [-0.3, -0.25) is 9.78 Å². The molecule has 2 N–H and O–H groups in total. The summed E-state index contributed by atoms with van der Waals surface area (Å²) in [5.74, 6) is 0.0920. The van der Waals surface area contributed by atoms with Gasteiger partial charge in [0.05, 0.1) is 0 Å². The zero-order chi connectivity index (χ0) is 12.5.